The van der Waals surface area contributed by atoms with E-state index in [0.717, 1.165) is 92.7 Å². The smallest absolute Gasteiger partial charge is 0.315 e. The number of fused-ring (bicyclic) bond motifs is 1. The first-order chi connectivity index (χ1) is 21.9. The molecule has 1 atom stereocenters. The van der Waals surface area contributed by atoms with Crippen molar-refractivity contribution in [1.82, 2.24) is 16.0 Å². The zero-order valence-corrected chi connectivity index (χ0v) is 27.0. The predicted octanol–water partition coefficient (Wildman–Crippen LogP) is 6.55. The van der Waals surface area contributed by atoms with E-state index in [-0.39, 0.29) is 6.03 Å². The first-order valence-electron chi connectivity index (χ1n) is 16.4. The highest BCUT2D eigenvalue weighted by molar-refractivity contribution is 5.73. The Morgan fingerprint density at radius 2 is 1.56 bits per heavy atom. The minimum Gasteiger partial charge on any atom is -0.463 e. The van der Waals surface area contributed by atoms with Crippen LogP contribution in [0.3, 0.4) is 0 Å². The molecule has 8 heteroatoms. The van der Waals surface area contributed by atoms with Gasteiger partial charge in [0.1, 0.15) is 5.75 Å². The van der Waals surface area contributed by atoms with Crippen LogP contribution in [0, 0.1) is 0 Å². The number of carbonyl (C=O) groups excluding carboxylic acids is 1. The molecule has 0 fully saturated rings. The molecule has 3 aromatic rings. The third-order valence-electron chi connectivity index (χ3n) is 7.87. The van der Waals surface area contributed by atoms with Crippen molar-refractivity contribution in [3.8, 4) is 5.75 Å². The van der Waals surface area contributed by atoms with Gasteiger partial charge in [-0.25, -0.2) is 4.79 Å². The van der Waals surface area contributed by atoms with E-state index in [4.69, 9.17) is 14.2 Å². The van der Waals surface area contributed by atoms with Gasteiger partial charge in [0, 0.05) is 52.3 Å². The Hall–Kier alpha value is -3.43. The van der Waals surface area contributed by atoms with E-state index >= 15 is 0 Å². The number of rotatable bonds is 19. The summed E-state index contributed by atoms with van der Waals surface area (Å²) in [5, 5.41) is 19.8. The Morgan fingerprint density at radius 1 is 0.844 bits per heavy atom. The molecule has 1 heterocycles. The summed E-state index contributed by atoms with van der Waals surface area (Å²) in [4.78, 5) is 12.1. The minimum atomic E-state index is -0.611. The molecule has 0 aromatic heterocycles. The molecule has 1 aliphatic rings. The Kier molecular flexibility index (Phi) is 14.2. The van der Waals surface area contributed by atoms with E-state index in [0.29, 0.717) is 26.2 Å². The molecule has 244 valence electrons. The lowest BCUT2D eigenvalue weighted by Gasteiger charge is -2.33. The maximum Gasteiger partial charge on any atom is 0.315 e. The maximum absolute atomic E-state index is 12.1. The van der Waals surface area contributed by atoms with E-state index < -0.39 is 11.9 Å². The molecule has 0 aliphatic carbocycles. The van der Waals surface area contributed by atoms with Crippen LogP contribution in [-0.2, 0) is 35.6 Å². The number of hydrogen-bond donors (Lipinski definition) is 4. The second-order valence-corrected chi connectivity index (χ2v) is 12.2. The Bertz CT molecular complexity index is 1300. The van der Waals surface area contributed by atoms with Crippen LogP contribution in [0.25, 0.3) is 0 Å². The number of unbranched alkanes of at least 4 members (excludes halogenated alkanes) is 4. The van der Waals surface area contributed by atoms with Crippen molar-refractivity contribution >= 4 is 6.03 Å². The van der Waals surface area contributed by atoms with Crippen LogP contribution in [-0.4, -0.2) is 43.2 Å². The number of carbonyl (C=O) groups is 1. The lowest BCUT2D eigenvalue weighted by atomic mass is 10.0. The predicted molar refractivity (Wildman–Crippen MR) is 178 cm³/mol. The summed E-state index contributed by atoms with van der Waals surface area (Å²) in [6.45, 7) is 8.34. The van der Waals surface area contributed by atoms with E-state index in [1.54, 1.807) is 0 Å². The molecule has 45 heavy (non-hydrogen) atoms. The van der Waals surface area contributed by atoms with Crippen LogP contribution in [0.1, 0.15) is 86.3 Å². The number of ether oxygens (including phenoxy) is 3. The maximum atomic E-state index is 12.1. The zero-order chi connectivity index (χ0) is 31.7. The normalized spacial score (nSPS) is 14.3. The van der Waals surface area contributed by atoms with Crippen LogP contribution in [0.4, 0.5) is 4.79 Å². The Labute approximate surface area is 268 Å². The Balaban J connectivity index is 0.954. The van der Waals surface area contributed by atoms with Gasteiger partial charge in [0.2, 0.25) is 5.79 Å². The molecule has 0 radical (unpaired) electrons. The standard InChI is InChI=1S/C37H51N3O5/c1-37(2)44-28-33-24-32(18-19-35(33)45-37)34(41)27-38-20-9-3-4-10-21-43-22-11-8-13-29-16-12-17-31(23-29)26-40-36(42)39-25-30-14-6-5-7-15-30/h5-7,12,14-19,23-24,34,38,41H,3-4,8-11,13,20-22,25-28H2,1-2H3,(H2,39,40,42)/t34-/m0/s1. The first-order valence-corrected chi connectivity index (χ1v) is 16.4. The van der Waals surface area contributed by atoms with Gasteiger partial charge in [-0.1, -0.05) is 73.5 Å². The SMILES string of the molecule is CC1(C)OCc2cc([C@@H](O)CNCCCCCCOCCCCc3cccc(CNC(=O)NCc4ccccc4)c3)ccc2O1. The first kappa shape index (κ1) is 34.4. The topological polar surface area (TPSA) is 101 Å². The molecule has 4 N–H and O–H groups in total. The lowest BCUT2D eigenvalue weighted by Crippen LogP contribution is -2.35. The summed E-state index contributed by atoms with van der Waals surface area (Å²) >= 11 is 0. The van der Waals surface area contributed by atoms with Gasteiger partial charge < -0.3 is 35.3 Å². The van der Waals surface area contributed by atoms with Gasteiger partial charge in [-0.3, -0.25) is 0 Å². The summed E-state index contributed by atoms with van der Waals surface area (Å²) in [5.41, 5.74) is 5.33. The van der Waals surface area contributed by atoms with Gasteiger partial charge in [-0.15, -0.1) is 0 Å². The van der Waals surface area contributed by atoms with E-state index in [1.807, 2.05) is 68.4 Å². The summed E-state index contributed by atoms with van der Waals surface area (Å²) in [6.07, 6.45) is 7.03. The van der Waals surface area contributed by atoms with Crippen LogP contribution in [0.15, 0.2) is 72.8 Å². The highest BCUT2D eigenvalue weighted by atomic mass is 16.7. The van der Waals surface area contributed by atoms with Gasteiger partial charge in [0.25, 0.3) is 0 Å². The summed E-state index contributed by atoms with van der Waals surface area (Å²) in [5.74, 6) is 0.216. The van der Waals surface area contributed by atoms with Crippen LogP contribution in [0.2, 0.25) is 0 Å². The molecule has 0 unspecified atom stereocenters. The van der Waals surface area contributed by atoms with E-state index in [1.165, 1.54) is 5.56 Å². The highest BCUT2D eigenvalue weighted by Crippen LogP contribution is 2.32. The highest BCUT2D eigenvalue weighted by Gasteiger charge is 2.27. The molecule has 3 aromatic carbocycles. The van der Waals surface area contributed by atoms with E-state index in [9.17, 15) is 9.90 Å². The number of aryl methyl sites for hydroxylation is 1. The lowest BCUT2D eigenvalue weighted by molar-refractivity contribution is -0.180. The van der Waals surface area contributed by atoms with Crippen LogP contribution < -0.4 is 20.7 Å². The van der Waals surface area contributed by atoms with Gasteiger partial charge in [-0.2, -0.15) is 0 Å². The van der Waals surface area contributed by atoms with Gasteiger partial charge in [0.15, 0.2) is 0 Å². The minimum absolute atomic E-state index is 0.160. The number of amides is 2. The van der Waals surface area contributed by atoms with Crippen LogP contribution in [0.5, 0.6) is 5.75 Å². The Morgan fingerprint density at radius 3 is 2.38 bits per heavy atom. The quantitative estimate of drug-likeness (QED) is 0.114. The number of hydrogen-bond acceptors (Lipinski definition) is 6. The summed E-state index contributed by atoms with van der Waals surface area (Å²) in [6, 6.07) is 24.0. The molecular formula is C37H51N3O5. The zero-order valence-electron chi connectivity index (χ0n) is 27.0. The third kappa shape index (κ3) is 12.8. The van der Waals surface area contributed by atoms with Crippen molar-refractivity contribution in [3.05, 3.63) is 101 Å². The van der Waals surface area contributed by atoms with Crippen molar-refractivity contribution in [1.29, 1.82) is 0 Å². The second kappa shape index (κ2) is 18.5. The van der Waals surface area contributed by atoms with Gasteiger partial charge >= 0.3 is 6.03 Å². The molecule has 0 spiro atoms. The molecule has 1 aliphatic heterocycles. The van der Waals surface area contributed by atoms with Crippen molar-refractivity contribution in [2.24, 2.45) is 0 Å². The van der Waals surface area contributed by atoms with Crippen molar-refractivity contribution < 1.29 is 24.1 Å². The molecule has 0 saturated heterocycles. The monoisotopic (exact) mass is 617 g/mol. The van der Waals surface area contributed by atoms with Gasteiger partial charge in [0.05, 0.1) is 12.7 Å². The molecule has 0 bridgehead atoms. The van der Waals surface area contributed by atoms with Crippen molar-refractivity contribution in [3.63, 3.8) is 0 Å². The number of aliphatic hydroxyl groups excluding tert-OH is 1. The number of nitrogens with one attached hydrogen (secondary N) is 3. The fraction of sp³-hybridized carbons (Fsp3) is 0.486. The van der Waals surface area contributed by atoms with Crippen molar-refractivity contribution in [2.45, 2.75) is 90.4 Å². The van der Waals surface area contributed by atoms with Crippen LogP contribution >= 0.6 is 0 Å². The largest absolute Gasteiger partial charge is 0.463 e. The average molecular weight is 618 g/mol. The molecule has 8 nitrogen and oxygen atoms in total. The fourth-order valence-electron chi connectivity index (χ4n) is 5.28. The summed E-state index contributed by atoms with van der Waals surface area (Å²) in [7, 11) is 0. The van der Waals surface area contributed by atoms with Gasteiger partial charge in [-0.05, 0) is 73.0 Å². The van der Waals surface area contributed by atoms with E-state index in [2.05, 4.69) is 34.1 Å². The molecular weight excluding hydrogens is 566 g/mol. The second-order valence-electron chi connectivity index (χ2n) is 12.2. The molecule has 0 saturated carbocycles. The fourth-order valence-corrected chi connectivity index (χ4v) is 5.28. The number of benzene rings is 3. The molecule has 4 rings (SSSR count). The summed E-state index contributed by atoms with van der Waals surface area (Å²) < 4.78 is 17.4. The number of aliphatic hydroxyl groups is 1. The molecule has 2 amide bonds. The van der Waals surface area contributed by atoms with Crippen molar-refractivity contribution in [2.75, 3.05) is 26.3 Å². The number of urea groups is 1. The average Bonchev–Trinajstić information content (AvgIpc) is 3.05. The third-order valence-corrected chi connectivity index (χ3v) is 7.87.